The van der Waals surface area contributed by atoms with E-state index in [4.69, 9.17) is 32.4 Å². The fourth-order valence-corrected chi connectivity index (χ4v) is 4.40. The van der Waals surface area contributed by atoms with Gasteiger partial charge in [0.1, 0.15) is 18.1 Å². The standard InChI is InChI=1S/C25H16Cl2F3NO3/c26-18-8-6-14(10-19(18)27)11-31-12-17-20(33-13-31)9-7-16-22(32)21(15-4-2-1-3-5-15)24(25(28,29)30)34-23(16)17/h1-10H,11-13H2. The summed E-state index contributed by atoms with van der Waals surface area (Å²) in [7, 11) is 0. The predicted octanol–water partition coefficient (Wildman–Crippen LogP) is 7.14. The van der Waals surface area contributed by atoms with E-state index in [2.05, 4.69) is 0 Å². The molecule has 0 fully saturated rings. The number of benzene rings is 3. The number of fused-ring (bicyclic) bond motifs is 3. The molecular formula is C25H16Cl2F3NO3. The van der Waals surface area contributed by atoms with Crippen molar-refractivity contribution in [3.63, 3.8) is 0 Å². The second kappa shape index (κ2) is 8.65. The normalized spacial score (nSPS) is 14.1. The molecule has 34 heavy (non-hydrogen) atoms. The van der Waals surface area contributed by atoms with Crippen molar-refractivity contribution in [2.75, 3.05) is 6.73 Å². The molecule has 9 heteroatoms. The van der Waals surface area contributed by atoms with Crippen LogP contribution in [0.25, 0.3) is 22.1 Å². The van der Waals surface area contributed by atoms with Crippen molar-refractivity contribution in [2.45, 2.75) is 19.3 Å². The second-order valence-electron chi connectivity index (χ2n) is 7.93. The van der Waals surface area contributed by atoms with Gasteiger partial charge in [-0.1, -0.05) is 59.6 Å². The third-order valence-corrected chi connectivity index (χ3v) is 6.35. The van der Waals surface area contributed by atoms with Crippen LogP contribution in [0.4, 0.5) is 13.2 Å². The number of hydrogen-bond acceptors (Lipinski definition) is 4. The van der Waals surface area contributed by atoms with Crippen LogP contribution in [0, 0.1) is 0 Å². The van der Waals surface area contributed by atoms with Gasteiger partial charge in [-0.2, -0.15) is 13.2 Å². The summed E-state index contributed by atoms with van der Waals surface area (Å²) < 4.78 is 53.3. The van der Waals surface area contributed by atoms with Crippen LogP contribution >= 0.6 is 23.2 Å². The molecule has 174 valence electrons. The first kappa shape index (κ1) is 22.8. The van der Waals surface area contributed by atoms with E-state index in [1.54, 1.807) is 42.5 Å². The highest BCUT2D eigenvalue weighted by molar-refractivity contribution is 6.42. The van der Waals surface area contributed by atoms with Crippen LogP contribution < -0.4 is 10.2 Å². The first-order valence-electron chi connectivity index (χ1n) is 10.3. The van der Waals surface area contributed by atoms with Gasteiger partial charge in [0.05, 0.1) is 26.6 Å². The Kier molecular flexibility index (Phi) is 5.80. The number of alkyl halides is 3. The van der Waals surface area contributed by atoms with Crippen molar-refractivity contribution < 1.29 is 22.3 Å². The average molecular weight is 506 g/mol. The third kappa shape index (κ3) is 4.15. The Morgan fingerprint density at radius 1 is 0.971 bits per heavy atom. The van der Waals surface area contributed by atoms with Crippen molar-refractivity contribution >= 4 is 34.2 Å². The summed E-state index contributed by atoms with van der Waals surface area (Å²) in [5.74, 6) is -0.951. The van der Waals surface area contributed by atoms with Gasteiger partial charge in [-0.05, 0) is 35.4 Å². The van der Waals surface area contributed by atoms with Crippen LogP contribution in [0.2, 0.25) is 10.0 Å². The van der Waals surface area contributed by atoms with Crippen LogP contribution in [-0.4, -0.2) is 11.6 Å². The summed E-state index contributed by atoms with van der Waals surface area (Å²) in [5.41, 5.74) is -0.0142. The Labute approximate surface area is 202 Å². The molecule has 0 spiro atoms. The molecule has 0 saturated heterocycles. The van der Waals surface area contributed by atoms with Crippen molar-refractivity contribution in [2.24, 2.45) is 0 Å². The minimum atomic E-state index is -4.86. The molecule has 0 N–H and O–H groups in total. The summed E-state index contributed by atoms with van der Waals surface area (Å²) >= 11 is 12.1. The lowest BCUT2D eigenvalue weighted by Gasteiger charge is -2.29. The van der Waals surface area contributed by atoms with E-state index in [1.165, 1.54) is 18.2 Å². The maximum Gasteiger partial charge on any atom is 0.450 e. The predicted molar refractivity (Wildman–Crippen MR) is 124 cm³/mol. The second-order valence-corrected chi connectivity index (χ2v) is 8.74. The number of halogens is 5. The van der Waals surface area contributed by atoms with Crippen molar-refractivity contribution in [3.8, 4) is 16.9 Å². The van der Waals surface area contributed by atoms with Crippen LogP contribution in [0.5, 0.6) is 5.75 Å². The topological polar surface area (TPSA) is 42.7 Å². The molecule has 1 aliphatic rings. The molecular weight excluding hydrogens is 490 g/mol. The Morgan fingerprint density at radius 2 is 1.74 bits per heavy atom. The molecule has 0 atom stereocenters. The average Bonchev–Trinajstić information content (AvgIpc) is 2.81. The van der Waals surface area contributed by atoms with Crippen LogP contribution in [0.15, 0.2) is 69.9 Å². The number of nitrogens with zero attached hydrogens (tertiary/aromatic N) is 1. The number of hydrogen-bond donors (Lipinski definition) is 0. The molecule has 0 unspecified atom stereocenters. The first-order chi connectivity index (χ1) is 16.2. The molecule has 0 amide bonds. The van der Waals surface area contributed by atoms with Gasteiger partial charge in [-0.25, -0.2) is 0 Å². The zero-order valence-electron chi connectivity index (χ0n) is 17.5. The molecule has 0 radical (unpaired) electrons. The van der Waals surface area contributed by atoms with Crippen LogP contribution in [0.1, 0.15) is 16.9 Å². The fourth-order valence-electron chi connectivity index (χ4n) is 4.08. The molecule has 0 bridgehead atoms. The summed E-state index contributed by atoms with van der Waals surface area (Å²) in [4.78, 5) is 15.1. The molecule has 1 aliphatic heterocycles. The molecule has 2 heterocycles. The van der Waals surface area contributed by atoms with E-state index < -0.39 is 22.9 Å². The van der Waals surface area contributed by atoms with Gasteiger partial charge in [0.2, 0.25) is 11.2 Å². The van der Waals surface area contributed by atoms with E-state index in [0.29, 0.717) is 27.9 Å². The van der Waals surface area contributed by atoms with Gasteiger partial charge >= 0.3 is 6.18 Å². The Bertz CT molecular complexity index is 1450. The molecule has 0 saturated carbocycles. The lowest BCUT2D eigenvalue weighted by atomic mass is 10.00. The highest BCUT2D eigenvalue weighted by Gasteiger charge is 2.40. The van der Waals surface area contributed by atoms with E-state index in [-0.39, 0.29) is 29.8 Å². The van der Waals surface area contributed by atoms with Crippen LogP contribution in [0.3, 0.4) is 0 Å². The maximum absolute atomic E-state index is 14.0. The van der Waals surface area contributed by atoms with Gasteiger partial charge in [0.15, 0.2) is 0 Å². The van der Waals surface area contributed by atoms with Gasteiger partial charge in [0.25, 0.3) is 0 Å². The minimum absolute atomic E-state index is 0.0607. The Hall–Kier alpha value is -3.00. The maximum atomic E-state index is 14.0. The van der Waals surface area contributed by atoms with Crippen molar-refractivity contribution in [1.82, 2.24) is 4.90 Å². The minimum Gasteiger partial charge on any atom is -0.478 e. The Morgan fingerprint density at radius 3 is 2.44 bits per heavy atom. The highest BCUT2D eigenvalue weighted by atomic mass is 35.5. The van der Waals surface area contributed by atoms with Crippen LogP contribution in [-0.2, 0) is 19.3 Å². The lowest BCUT2D eigenvalue weighted by molar-refractivity contribution is -0.152. The van der Waals surface area contributed by atoms with Gasteiger partial charge < -0.3 is 9.15 Å². The van der Waals surface area contributed by atoms with Crippen molar-refractivity contribution in [1.29, 1.82) is 0 Å². The van der Waals surface area contributed by atoms with E-state index >= 15 is 0 Å². The lowest BCUT2D eigenvalue weighted by Crippen LogP contribution is -2.32. The fraction of sp³-hybridized carbons (Fsp3) is 0.160. The number of ether oxygens (including phenoxy) is 1. The summed E-state index contributed by atoms with van der Waals surface area (Å²) in [6.45, 7) is 0.834. The largest absolute Gasteiger partial charge is 0.478 e. The summed E-state index contributed by atoms with van der Waals surface area (Å²) in [6, 6.07) is 15.9. The monoisotopic (exact) mass is 505 g/mol. The molecule has 1 aromatic heterocycles. The molecule has 4 nitrogen and oxygen atoms in total. The van der Waals surface area contributed by atoms with Gasteiger partial charge in [-0.15, -0.1) is 0 Å². The summed E-state index contributed by atoms with van der Waals surface area (Å²) in [6.07, 6.45) is -4.86. The van der Waals surface area contributed by atoms with Gasteiger partial charge in [0, 0.05) is 13.1 Å². The smallest absolute Gasteiger partial charge is 0.450 e. The number of rotatable bonds is 3. The molecule has 3 aromatic carbocycles. The van der Waals surface area contributed by atoms with E-state index in [1.807, 2.05) is 4.90 Å². The third-order valence-electron chi connectivity index (χ3n) is 5.61. The zero-order chi connectivity index (χ0) is 24.0. The highest BCUT2D eigenvalue weighted by Crippen LogP contribution is 2.40. The molecule has 4 aromatic rings. The first-order valence-corrected chi connectivity index (χ1v) is 11.0. The van der Waals surface area contributed by atoms with E-state index in [0.717, 1.165) is 5.56 Å². The van der Waals surface area contributed by atoms with Gasteiger partial charge in [-0.3, -0.25) is 9.69 Å². The molecule has 0 aliphatic carbocycles. The van der Waals surface area contributed by atoms with Crippen molar-refractivity contribution in [3.05, 3.63) is 97.8 Å². The molecule has 5 rings (SSSR count). The quantitative estimate of drug-likeness (QED) is 0.296. The van der Waals surface area contributed by atoms with E-state index in [9.17, 15) is 18.0 Å². The zero-order valence-corrected chi connectivity index (χ0v) is 19.0. The SMILES string of the molecule is O=c1c(-c2ccccc2)c(C(F)(F)F)oc2c3c(ccc12)OCN(Cc1ccc(Cl)c(Cl)c1)C3. The Balaban J connectivity index is 1.62. The summed E-state index contributed by atoms with van der Waals surface area (Å²) in [5, 5.41) is 0.884.